The molecule has 0 spiro atoms. The molecular formula is C20H23NO5S. The van der Waals surface area contributed by atoms with E-state index in [0.717, 1.165) is 10.6 Å². The summed E-state index contributed by atoms with van der Waals surface area (Å²) in [5, 5.41) is 2.73. The van der Waals surface area contributed by atoms with Crippen LogP contribution in [0.5, 0.6) is 11.5 Å². The molecule has 0 aliphatic rings. The van der Waals surface area contributed by atoms with Crippen molar-refractivity contribution in [1.29, 1.82) is 0 Å². The molecule has 0 fully saturated rings. The zero-order chi connectivity index (χ0) is 19.6. The van der Waals surface area contributed by atoms with E-state index in [1.807, 2.05) is 37.3 Å². The number of benzene rings is 2. The van der Waals surface area contributed by atoms with Crippen molar-refractivity contribution in [2.75, 3.05) is 24.8 Å². The fourth-order valence-electron chi connectivity index (χ4n) is 2.18. The van der Waals surface area contributed by atoms with Crippen LogP contribution in [0.1, 0.15) is 13.8 Å². The van der Waals surface area contributed by atoms with E-state index < -0.39 is 18.0 Å². The summed E-state index contributed by atoms with van der Waals surface area (Å²) in [6.45, 7) is 3.89. The van der Waals surface area contributed by atoms with E-state index in [9.17, 15) is 9.59 Å². The molecule has 0 aromatic heterocycles. The summed E-state index contributed by atoms with van der Waals surface area (Å²) in [7, 11) is 1.60. The fraction of sp³-hybridized carbons (Fsp3) is 0.300. The maximum atomic E-state index is 12.3. The molecule has 27 heavy (non-hydrogen) atoms. The van der Waals surface area contributed by atoms with E-state index in [1.165, 1.54) is 18.7 Å². The van der Waals surface area contributed by atoms with Gasteiger partial charge in [-0.1, -0.05) is 12.1 Å². The number of esters is 1. The Bertz CT molecular complexity index is 763. The Morgan fingerprint density at radius 2 is 1.81 bits per heavy atom. The highest BCUT2D eigenvalue weighted by Crippen LogP contribution is 2.24. The summed E-state index contributed by atoms with van der Waals surface area (Å²) >= 11 is 1.33. The molecule has 0 saturated heterocycles. The monoisotopic (exact) mass is 389 g/mol. The van der Waals surface area contributed by atoms with Gasteiger partial charge >= 0.3 is 5.97 Å². The number of hydrogen-bond acceptors (Lipinski definition) is 6. The molecule has 2 aromatic rings. The first-order valence-corrected chi connectivity index (χ1v) is 9.51. The minimum Gasteiger partial charge on any atom is -0.497 e. The van der Waals surface area contributed by atoms with Crippen LogP contribution >= 0.6 is 11.8 Å². The van der Waals surface area contributed by atoms with Crippen molar-refractivity contribution < 1.29 is 23.8 Å². The van der Waals surface area contributed by atoms with Gasteiger partial charge in [-0.25, -0.2) is 0 Å². The van der Waals surface area contributed by atoms with E-state index in [0.29, 0.717) is 18.0 Å². The molecule has 1 atom stereocenters. The number of anilines is 1. The zero-order valence-corrected chi connectivity index (χ0v) is 16.4. The summed E-state index contributed by atoms with van der Waals surface area (Å²) in [4.78, 5) is 25.2. The third kappa shape index (κ3) is 6.53. The van der Waals surface area contributed by atoms with Gasteiger partial charge in [0.05, 0.1) is 25.2 Å². The van der Waals surface area contributed by atoms with E-state index in [2.05, 4.69) is 5.32 Å². The minimum atomic E-state index is -0.913. The minimum absolute atomic E-state index is 0.111. The van der Waals surface area contributed by atoms with Gasteiger partial charge in [0.1, 0.15) is 11.5 Å². The lowest BCUT2D eigenvalue weighted by Gasteiger charge is -2.15. The molecule has 1 N–H and O–H groups in total. The van der Waals surface area contributed by atoms with Crippen LogP contribution in [-0.4, -0.2) is 37.4 Å². The highest BCUT2D eigenvalue weighted by Gasteiger charge is 2.19. The van der Waals surface area contributed by atoms with Crippen LogP contribution < -0.4 is 14.8 Å². The van der Waals surface area contributed by atoms with E-state index in [4.69, 9.17) is 14.2 Å². The maximum Gasteiger partial charge on any atom is 0.317 e. The summed E-state index contributed by atoms with van der Waals surface area (Å²) in [6, 6.07) is 14.5. The van der Waals surface area contributed by atoms with Crippen LogP contribution in [0, 0.1) is 0 Å². The molecular weight excluding hydrogens is 366 g/mol. The summed E-state index contributed by atoms with van der Waals surface area (Å²) in [5.74, 6) is 0.558. The smallest absolute Gasteiger partial charge is 0.317 e. The van der Waals surface area contributed by atoms with Crippen LogP contribution in [0.3, 0.4) is 0 Å². The largest absolute Gasteiger partial charge is 0.497 e. The van der Waals surface area contributed by atoms with Crippen molar-refractivity contribution in [2.24, 2.45) is 0 Å². The van der Waals surface area contributed by atoms with Crippen molar-refractivity contribution in [2.45, 2.75) is 24.8 Å². The highest BCUT2D eigenvalue weighted by molar-refractivity contribution is 8.00. The number of thioether (sulfide) groups is 1. The predicted octanol–water partition coefficient (Wildman–Crippen LogP) is 3.76. The van der Waals surface area contributed by atoms with Gasteiger partial charge in [0.25, 0.3) is 5.91 Å². The van der Waals surface area contributed by atoms with Crippen LogP contribution in [0.15, 0.2) is 53.4 Å². The molecule has 1 amide bonds. The molecule has 0 radical (unpaired) electrons. The molecule has 2 rings (SSSR count). The number of nitrogens with one attached hydrogen (secondary N) is 1. The van der Waals surface area contributed by atoms with Crippen LogP contribution in [-0.2, 0) is 14.3 Å². The van der Waals surface area contributed by atoms with Crippen molar-refractivity contribution in [1.82, 2.24) is 0 Å². The standard InChI is InChI=1S/C20H23NO5S/c1-4-25-18-8-6-5-7-17(18)21-20(23)14(2)26-19(22)13-27-16-11-9-15(24-3)10-12-16/h5-12,14H,4,13H2,1-3H3,(H,21,23)/t14-/m0/s1. The number of para-hydroxylation sites is 2. The molecule has 2 aromatic carbocycles. The molecule has 0 aliphatic heterocycles. The van der Waals surface area contributed by atoms with Gasteiger partial charge in [0.2, 0.25) is 0 Å². The SMILES string of the molecule is CCOc1ccccc1NC(=O)[C@H](C)OC(=O)CSc1ccc(OC)cc1. The summed E-state index contributed by atoms with van der Waals surface area (Å²) in [6.07, 6.45) is -0.913. The number of ether oxygens (including phenoxy) is 3. The second-order valence-electron chi connectivity index (χ2n) is 5.51. The normalized spacial score (nSPS) is 11.4. The topological polar surface area (TPSA) is 73.9 Å². The lowest BCUT2D eigenvalue weighted by atomic mass is 10.2. The Labute approximate surface area is 163 Å². The number of methoxy groups -OCH3 is 1. The van der Waals surface area contributed by atoms with Gasteiger partial charge in [-0.2, -0.15) is 0 Å². The third-order valence-corrected chi connectivity index (χ3v) is 4.52. The van der Waals surface area contributed by atoms with Crippen molar-refractivity contribution in [3.05, 3.63) is 48.5 Å². The van der Waals surface area contributed by atoms with Crippen LogP contribution in [0.2, 0.25) is 0 Å². The van der Waals surface area contributed by atoms with Gasteiger partial charge in [-0.05, 0) is 50.2 Å². The predicted molar refractivity (Wildman–Crippen MR) is 106 cm³/mol. The van der Waals surface area contributed by atoms with E-state index in [1.54, 1.807) is 25.3 Å². The van der Waals surface area contributed by atoms with Gasteiger partial charge in [-0.3, -0.25) is 9.59 Å². The number of carbonyl (C=O) groups is 2. The number of amides is 1. The van der Waals surface area contributed by atoms with Crippen molar-refractivity contribution >= 4 is 29.3 Å². The van der Waals surface area contributed by atoms with Gasteiger partial charge in [0, 0.05) is 4.90 Å². The first-order chi connectivity index (χ1) is 13.0. The number of rotatable bonds is 9. The molecule has 0 aliphatic carbocycles. The molecule has 144 valence electrons. The third-order valence-electron chi connectivity index (χ3n) is 3.54. The Kier molecular flexibility index (Phi) is 8.00. The second kappa shape index (κ2) is 10.5. The van der Waals surface area contributed by atoms with Crippen LogP contribution in [0.4, 0.5) is 5.69 Å². The molecule has 0 saturated carbocycles. The average molecular weight is 389 g/mol. The molecule has 0 bridgehead atoms. The van der Waals surface area contributed by atoms with Crippen molar-refractivity contribution in [3.8, 4) is 11.5 Å². The van der Waals surface area contributed by atoms with Crippen molar-refractivity contribution in [3.63, 3.8) is 0 Å². The lowest BCUT2D eigenvalue weighted by Crippen LogP contribution is -2.30. The Morgan fingerprint density at radius 1 is 1.11 bits per heavy atom. The van der Waals surface area contributed by atoms with E-state index in [-0.39, 0.29) is 5.75 Å². The number of hydrogen-bond donors (Lipinski definition) is 1. The first-order valence-electron chi connectivity index (χ1n) is 8.52. The Balaban J connectivity index is 1.83. The molecule has 0 heterocycles. The first kappa shape index (κ1) is 20.6. The van der Waals surface area contributed by atoms with E-state index >= 15 is 0 Å². The summed E-state index contributed by atoms with van der Waals surface area (Å²) in [5.41, 5.74) is 0.542. The lowest BCUT2D eigenvalue weighted by molar-refractivity contribution is -0.150. The molecule has 7 heteroatoms. The molecule has 6 nitrogen and oxygen atoms in total. The number of carbonyl (C=O) groups excluding carboxylic acids is 2. The van der Waals surface area contributed by atoms with Gasteiger partial charge in [0.15, 0.2) is 6.10 Å². The maximum absolute atomic E-state index is 12.3. The fourth-order valence-corrected chi connectivity index (χ4v) is 2.87. The molecule has 0 unspecified atom stereocenters. The Hall–Kier alpha value is -2.67. The van der Waals surface area contributed by atoms with Crippen LogP contribution in [0.25, 0.3) is 0 Å². The van der Waals surface area contributed by atoms with Gasteiger partial charge in [-0.15, -0.1) is 11.8 Å². The Morgan fingerprint density at radius 3 is 2.48 bits per heavy atom. The zero-order valence-electron chi connectivity index (χ0n) is 15.6. The quantitative estimate of drug-likeness (QED) is 0.520. The highest BCUT2D eigenvalue weighted by atomic mass is 32.2. The average Bonchev–Trinajstić information content (AvgIpc) is 2.68. The van der Waals surface area contributed by atoms with Gasteiger partial charge < -0.3 is 19.5 Å². The second-order valence-corrected chi connectivity index (χ2v) is 6.56. The summed E-state index contributed by atoms with van der Waals surface area (Å²) < 4.78 is 15.8.